The topological polar surface area (TPSA) is 57.8 Å². The van der Waals surface area contributed by atoms with Crippen molar-refractivity contribution in [2.45, 2.75) is 58.4 Å². The Bertz CT molecular complexity index is 462. The van der Waals surface area contributed by atoms with Gasteiger partial charge in [0.05, 0.1) is 5.69 Å². The van der Waals surface area contributed by atoms with E-state index in [4.69, 9.17) is 0 Å². The Kier molecular flexibility index (Phi) is 4.77. The van der Waals surface area contributed by atoms with Crippen molar-refractivity contribution in [3.63, 3.8) is 0 Å². The zero-order valence-corrected chi connectivity index (χ0v) is 11.8. The van der Waals surface area contributed by atoms with Crippen molar-refractivity contribution in [2.75, 3.05) is 0 Å². The van der Waals surface area contributed by atoms with Gasteiger partial charge >= 0.3 is 0 Å². The number of amides is 1. The number of hydrogen-bond donors (Lipinski definition) is 2. The molecule has 0 saturated heterocycles. The van der Waals surface area contributed by atoms with Crippen LogP contribution in [0.1, 0.15) is 50.4 Å². The van der Waals surface area contributed by atoms with Gasteiger partial charge in [0.25, 0.3) is 0 Å². The van der Waals surface area contributed by atoms with Crippen LogP contribution in [0.2, 0.25) is 0 Å². The Morgan fingerprint density at radius 1 is 1.53 bits per heavy atom. The van der Waals surface area contributed by atoms with E-state index in [-0.39, 0.29) is 11.9 Å². The van der Waals surface area contributed by atoms with Crippen LogP contribution in [0, 0.1) is 6.92 Å². The highest BCUT2D eigenvalue weighted by Crippen LogP contribution is 2.19. The maximum absolute atomic E-state index is 11.9. The summed E-state index contributed by atoms with van der Waals surface area (Å²) in [6.07, 6.45) is 8.26. The summed E-state index contributed by atoms with van der Waals surface area (Å²) in [4.78, 5) is 11.9. The lowest BCUT2D eigenvalue weighted by atomic mass is 9.97. The zero-order chi connectivity index (χ0) is 13.7. The third kappa shape index (κ3) is 4.54. The minimum absolute atomic E-state index is 0.124. The lowest BCUT2D eigenvalue weighted by molar-refractivity contribution is -0.121. The molecule has 1 aliphatic carbocycles. The second-order valence-corrected chi connectivity index (χ2v) is 5.50. The van der Waals surface area contributed by atoms with Crippen LogP contribution >= 0.6 is 0 Å². The molecule has 0 bridgehead atoms. The third-order valence-electron chi connectivity index (χ3n) is 3.45. The van der Waals surface area contributed by atoms with Crippen LogP contribution < -0.4 is 5.32 Å². The van der Waals surface area contributed by atoms with E-state index in [0.717, 1.165) is 30.7 Å². The van der Waals surface area contributed by atoms with E-state index in [9.17, 15) is 4.79 Å². The maximum Gasteiger partial charge on any atom is 0.224 e. The van der Waals surface area contributed by atoms with Gasteiger partial charge in [0.1, 0.15) is 0 Å². The molecule has 1 aromatic rings. The molecule has 1 atom stereocenters. The fraction of sp³-hybridized carbons (Fsp3) is 0.600. The van der Waals surface area contributed by atoms with Crippen molar-refractivity contribution in [3.8, 4) is 0 Å². The minimum atomic E-state index is 0.124. The van der Waals surface area contributed by atoms with Crippen molar-refractivity contribution in [3.05, 3.63) is 29.1 Å². The highest BCUT2D eigenvalue weighted by atomic mass is 16.1. The number of allylic oxidation sites excluding steroid dienone is 1. The first kappa shape index (κ1) is 13.8. The van der Waals surface area contributed by atoms with Crippen LogP contribution in [0.5, 0.6) is 0 Å². The number of carbonyl (C=O) groups excluding carboxylic acids is 1. The largest absolute Gasteiger partial charge is 0.353 e. The molecular weight excluding hydrogens is 238 g/mol. The van der Waals surface area contributed by atoms with E-state index < -0.39 is 0 Å². The molecule has 0 spiro atoms. The lowest BCUT2D eigenvalue weighted by Gasteiger charge is -2.15. The summed E-state index contributed by atoms with van der Waals surface area (Å²) in [6, 6.07) is 2.14. The van der Waals surface area contributed by atoms with Gasteiger partial charge in [-0.05, 0) is 45.6 Å². The SMILES string of the molecule is Cc1cc(C[C@H](C)NC(=O)CC2=CCCCC2)n[nH]1. The average Bonchev–Trinajstić information content (AvgIpc) is 2.75. The summed E-state index contributed by atoms with van der Waals surface area (Å²) in [7, 11) is 0. The van der Waals surface area contributed by atoms with Crippen LogP contribution in [0.25, 0.3) is 0 Å². The Labute approximate surface area is 114 Å². The summed E-state index contributed by atoms with van der Waals surface area (Å²) in [6.45, 7) is 4.01. The second-order valence-electron chi connectivity index (χ2n) is 5.50. The Balaban J connectivity index is 1.76. The van der Waals surface area contributed by atoms with Crippen molar-refractivity contribution < 1.29 is 4.79 Å². The predicted octanol–water partition coefficient (Wildman–Crippen LogP) is 2.66. The number of nitrogens with one attached hydrogen (secondary N) is 2. The first-order valence-corrected chi connectivity index (χ1v) is 7.11. The predicted molar refractivity (Wildman–Crippen MR) is 75.8 cm³/mol. The summed E-state index contributed by atoms with van der Waals surface area (Å²) in [5.41, 5.74) is 3.36. The molecule has 0 saturated carbocycles. The van der Waals surface area contributed by atoms with Gasteiger partial charge in [0.15, 0.2) is 0 Å². The maximum atomic E-state index is 11.9. The minimum Gasteiger partial charge on any atom is -0.353 e. The smallest absolute Gasteiger partial charge is 0.224 e. The second kappa shape index (κ2) is 6.55. The molecule has 4 heteroatoms. The van der Waals surface area contributed by atoms with E-state index in [1.165, 1.54) is 18.4 Å². The number of H-pyrrole nitrogens is 1. The van der Waals surface area contributed by atoms with Gasteiger partial charge in [-0.15, -0.1) is 0 Å². The lowest BCUT2D eigenvalue weighted by Crippen LogP contribution is -2.34. The van der Waals surface area contributed by atoms with Gasteiger partial charge in [-0.1, -0.05) is 11.6 Å². The quantitative estimate of drug-likeness (QED) is 0.801. The van der Waals surface area contributed by atoms with Gasteiger partial charge in [-0.3, -0.25) is 9.89 Å². The van der Waals surface area contributed by atoms with E-state index in [2.05, 4.69) is 21.6 Å². The third-order valence-corrected chi connectivity index (χ3v) is 3.45. The Morgan fingerprint density at radius 2 is 2.37 bits per heavy atom. The number of aromatic amines is 1. The Hall–Kier alpha value is -1.58. The van der Waals surface area contributed by atoms with E-state index in [1.807, 2.05) is 19.9 Å². The standard InChI is InChI=1S/C15H23N3O/c1-11(8-14-9-12(2)17-18-14)16-15(19)10-13-6-4-3-5-7-13/h6,9,11H,3-5,7-8,10H2,1-2H3,(H,16,19)(H,17,18)/t11-/m0/s1. The molecule has 0 unspecified atom stereocenters. The normalized spacial score (nSPS) is 16.8. The van der Waals surface area contributed by atoms with Crippen LogP contribution in [-0.2, 0) is 11.2 Å². The fourth-order valence-corrected chi connectivity index (χ4v) is 2.54. The van der Waals surface area contributed by atoms with Gasteiger partial charge in [0.2, 0.25) is 5.91 Å². The number of aryl methyl sites for hydroxylation is 1. The molecule has 19 heavy (non-hydrogen) atoms. The highest BCUT2D eigenvalue weighted by molar-refractivity contribution is 5.78. The van der Waals surface area contributed by atoms with E-state index in [1.54, 1.807) is 0 Å². The zero-order valence-electron chi connectivity index (χ0n) is 11.8. The van der Waals surface area contributed by atoms with Crippen LogP contribution in [-0.4, -0.2) is 22.1 Å². The molecular formula is C15H23N3O. The number of carbonyl (C=O) groups is 1. The van der Waals surface area contributed by atoms with E-state index >= 15 is 0 Å². The van der Waals surface area contributed by atoms with E-state index in [0.29, 0.717) is 6.42 Å². The van der Waals surface area contributed by atoms with Gasteiger partial charge in [-0.2, -0.15) is 5.10 Å². The molecule has 4 nitrogen and oxygen atoms in total. The molecule has 1 aliphatic rings. The van der Waals surface area contributed by atoms with Crippen molar-refractivity contribution in [2.24, 2.45) is 0 Å². The number of rotatable bonds is 5. The molecule has 2 N–H and O–H groups in total. The molecule has 2 rings (SSSR count). The first-order valence-electron chi connectivity index (χ1n) is 7.11. The van der Waals surface area contributed by atoms with Gasteiger partial charge < -0.3 is 5.32 Å². The fourth-order valence-electron chi connectivity index (χ4n) is 2.54. The monoisotopic (exact) mass is 261 g/mol. The molecule has 1 amide bonds. The Morgan fingerprint density at radius 3 is 3.00 bits per heavy atom. The van der Waals surface area contributed by atoms with Crippen molar-refractivity contribution >= 4 is 5.91 Å². The van der Waals surface area contributed by atoms with Crippen LogP contribution in [0.3, 0.4) is 0 Å². The van der Waals surface area contributed by atoms with Crippen molar-refractivity contribution in [1.29, 1.82) is 0 Å². The highest BCUT2D eigenvalue weighted by Gasteiger charge is 2.12. The molecule has 0 fully saturated rings. The summed E-state index contributed by atoms with van der Waals surface area (Å²) in [5.74, 6) is 0.132. The molecule has 0 radical (unpaired) electrons. The molecule has 1 heterocycles. The molecule has 0 aromatic carbocycles. The summed E-state index contributed by atoms with van der Waals surface area (Å²) < 4.78 is 0. The van der Waals surface area contributed by atoms with Gasteiger partial charge in [-0.25, -0.2) is 0 Å². The molecule has 104 valence electrons. The number of hydrogen-bond acceptors (Lipinski definition) is 2. The van der Waals surface area contributed by atoms with Crippen LogP contribution in [0.4, 0.5) is 0 Å². The van der Waals surface area contributed by atoms with Crippen molar-refractivity contribution in [1.82, 2.24) is 15.5 Å². The first-order chi connectivity index (χ1) is 9.13. The molecule has 0 aliphatic heterocycles. The summed E-state index contributed by atoms with van der Waals surface area (Å²) >= 11 is 0. The number of nitrogens with zero attached hydrogens (tertiary/aromatic N) is 1. The summed E-state index contributed by atoms with van der Waals surface area (Å²) in [5, 5.41) is 10.2. The molecule has 1 aromatic heterocycles. The average molecular weight is 261 g/mol. The van der Waals surface area contributed by atoms with Crippen LogP contribution in [0.15, 0.2) is 17.7 Å². The van der Waals surface area contributed by atoms with Gasteiger partial charge in [0, 0.05) is 24.6 Å². The number of aromatic nitrogens is 2.